The summed E-state index contributed by atoms with van der Waals surface area (Å²) in [5.74, 6) is 0.320. The number of aryl methyl sites for hydroxylation is 1. The molecule has 0 fully saturated rings. The van der Waals surface area contributed by atoms with E-state index in [1.54, 1.807) is 25.3 Å². The maximum Gasteiger partial charge on any atom is 0.230 e. The number of ether oxygens (including phenoxy) is 1. The predicted octanol–water partition coefficient (Wildman–Crippen LogP) is 4.51. The summed E-state index contributed by atoms with van der Waals surface area (Å²) in [6, 6.07) is 15.0. The molecule has 1 N–H and O–H groups in total. The van der Waals surface area contributed by atoms with Crippen LogP contribution in [-0.2, 0) is 11.2 Å². The number of hydrogen-bond acceptors (Lipinski definition) is 5. The van der Waals surface area contributed by atoms with Crippen LogP contribution in [0.3, 0.4) is 0 Å². The summed E-state index contributed by atoms with van der Waals surface area (Å²) in [6.45, 7) is 3.42. The zero-order chi connectivity index (χ0) is 19.4. The van der Waals surface area contributed by atoms with Gasteiger partial charge in [0.25, 0.3) is 0 Å². The first-order valence-electron chi connectivity index (χ1n) is 8.48. The Labute approximate surface area is 162 Å². The lowest BCUT2D eigenvalue weighted by Gasteiger charge is -2.09. The van der Waals surface area contributed by atoms with Crippen LogP contribution in [-0.4, -0.2) is 23.8 Å². The normalized spacial score (nSPS) is 10.5. The molecule has 0 atom stereocenters. The average molecular weight is 380 g/mol. The number of ketones is 1. The number of carbonyl (C=O) groups excluding carboxylic acids is 2. The molecule has 0 saturated heterocycles. The molecule has 3 aromatic rings. The number of rotatable bonds is 6. The molecule has 6 heteroatoms. The highest BCUT2D eigenvalue weighted by molar-refractivity contribution is 7.19. The molecule has 2 aromatic carbocycles. The molecule has 138 valence electrons. The van der Waals surface area contributed by atoms with Crippen molar-refractivity contribution in [3.63, 3.8) is 0 Å². The van der Waals surface area contributed by atoms with E-state index in [1.807, 2.05) is 37.3 Å². The summed E-state index contributed by atoms with van der Waals surface area (Å²) in [4.78, 5) is 29.6. The highest BCUT2D eigenvalue weighted by Crippen LogP contribution is 2.32. The Morgan fingerprint density at radius 1 is 1.15 bits per heavy atom. The molecule has 0 aliphatic heterocycles. The minimum absolute atomic E-state index is 0.0534. The molecular weight excluding hydrogens is 360 g/mol. The molecule has 1 heterocycles. The van der Waals surface area contributed by atoms with Gasteiger partial charge < -0.3 is 10.1 Å². The van der Waals surface area contributed by atoms with Gasteiger partial charge in [0.2, 0.25) is 5.91 Å². The Hall–Kier alpha value is -2.99. The smallest absolute Gasteiger partial charge is 0.230 e. The van der Waals surface area contributed by atoms with Crippen LogP contribution in [0.25, 0.3) is 10.4 Å². The Morgan fingerprint density at radius 3 is 2.56 bits per heavy atom. The van der Waals surface area contributed by atoms with Crippen molar-refractivity contribution in [3.8, 4) is 16.2 Å². The number of methoxy groups -OCH3 is 1. The molecule has 0 aliphatic rings. The predicted molar refractivity (Wildman–Crippen MR) is 108 cm³/mol. The van der Waals surface area contributed by atoms with Gasteiger partial charge in [0.05, 0.1) is 24.1 Å². The molecule has 0 bridgehead atoms. The van der Waals surface area contributed by atoms with Gasteiger partial charge >= 0.3 is 0 Å². The number of nitrogens with zero attached hydrogens (tertiary/aromatic N) is 1. The fourth-order valence-electron chi connectivity index (χ4n) is 2.78. The van der Waals surface area contributed by atoms with E-state index >= 15 is 0 Å². The number of anilines is 1. The zero-order valence-corrected chi connectivity index (χ0v) is 16.2. The highest BCUT2D eigenvalue weighted by atomic mass is 32.1. The molecule has 1 aromatic heterocycles. The monoisotopic (exact) mass is 380 g/mol. The fourth-order valence-corrected chi connectivity index (χ4v) is 3.77. The van der Waals surface area contributed by atoms with Crippen LogP contribution < -0.4 is 10.1 Å². The summed E-state index contributed by atoms with van der Waals surface area (Å²) in [5.41, 5.74) is 3.16. The van der Waals surface area contributed by atoms with Crippen molar-refractivity contribution in [3.05, 3.63) is 65.4 Å². The maximum atomic E-state index is 12.5. The Morgan fingerprint density at radius 2 is 1.89 bits per heavy atom. The Bertz CT molecular complexity index is 980. The zero-order valence-electron chi connectivity index (χ0n) is 15.4. The topological polar surface area (TPSA) is 68.3 Å². The van der Waals surface area contributed by atoms with Gasteiger partial charge in [-0.2, -0.15) is 0 Å². The number of thiazole rings is 1. The van der Waals surface area contributed by atoms with Crippen LogP contribution in [0.5, 0.6) is 5.75 Å². The summed E-state index contributed by atoms with van der Waals surface area (Å²) in [6.07, 6.45) is 0.101. The minimum Gasteiger partial charge on any atom is -0.496 e. The van der Waals surface area contributed by atoms with Crippen molar-refractivity contribution in [2.75, 3.05) is 12.4 Å². The largest absolute Gasteiger partial charge is 0.496 e. The van der Waals surface area contributed by atoms with E-state index in [0.29, 0.717) is 22.0 Å². The van der Waals surface area contributed by atoms with Crippen LogP contribution in [0.15, 0.2) is 48.5 Å². The van der Waals surface area contributed by atoms with Gasteiger partial charge in [-0.1, -0.05) is 41.7 Å². The quantitative estimate of drug-likeness (QED) is 0.639. The Balaban J connectivity index is 1.77. The van der Waals surface area contributed by atoms with Gasteiger partial charge in [-0.15, -0.1) is 0 Å². The SMILES string of the molecule is COc1ccc(C(C)=O)cc1CC(=O)Nc1nc(C)c(-c2ccccc2)s1. The average Bonchev–Trinajstić information content (AvgIpc) is 3.02. The van der Waals surface area contributed by atoms with E-state index in [-0.39, 0.29) is 18.1 Å². The summed E-state index contributed by atoms with van der Waals surface area (Å²) in [5, 5.41) is 3.40. The summed E-state index contributed by atoms with van der Waals surface area (Å²) < 4.78 is 5.31. The third kappa shape index (κ3) is 4.41. The van der Waals surface area contributed by atoms with E-state index in [0.717, 1.165) is 16.1 Å². The molecule has 0 saturated carbocycles. The number of carbonyl (C=O) groups is 2. The lowest BCUT2D eigenvalue weighted by molar-refractivity contribution is -0.115. The molecule has 0 unspecified atom stereocenters. The van der Waals surface area contributed by atoms with Crippen molar-refractivity contribution in [2.24, 2.45) is 0 Å². The van der Waals surface area contributed by atoms with Gasteiger partial charge in [0.15, 0.2) is 10.9 Å². The highest BCUT2D eigenvalue weighted by Gasteiger charge is 2.15. The van der Waals surface area contributed by atoms with Crippen LogP contribution in [0.4, 0.5) is 5.13 Å². The minimum atomic E-state index is -0.206. The number of nitrogens with one attached hydrogen (secondary N) is 1. The van der Waals surface area contributed by atoms with Crippen LogP contribution in [0.2, 0.25) is 0 Å². The maximum absolute atomic E-state index is 12.5. The number of amides is 1. The van der Waals surface area contributed by atoms with E-state index in [9.17, 15) is 9.59 Å². The van der Waals surface area contributed by atoms with Crippen molar-refractivity contribution in [1.82, 2.24) is 4.98 Å². The van der Waals surface area contributed by atoms with Crippen molar-refractivity contribution >= 4 is 28.2 Å². The molecule has 5 nitrogen and oxygen atoms in total. The van der Waals surface area contributed by atoms with E-state index in [1.165, 1.54) is 18.3 Å². The van der Waals surface area contributed by atoms with Crippen molar-refractivity contribution in [1.29, 1.82) is 0 Å². The molecule has 0 spiro atoms. The van der Waals surface area contributed by atoms with Gasteiger partial charge in [0, 0.05) is 11.1 Å². The number of hydrogen-bond donors (Lipinski definition) is 1. The third-order valence-electron chi connectivity index (χ3n) is 4.12. The Kier molecular flexibility index (Phi) is 5.66. The number of benzene rings is 2. The van der Waals surface area contributed by atoms with Crippen LogP contribution in [0, 0.1) is 6.92 Å². The molecule has 1 amide bonds. The van der Waals surface area contributed by atoms with Gasteiger partial charge in [-0.25, -0.2) is 4.98 Å². The number of aromatic nitrogens is 1. The molecular formula is C21H20N2O3S. The van der Waals surface area contributed by atoms with Crippen molar-refractivity contribution < 1.29 is 14.3 Å². The third-order valence-corrected chi connectivity index (χ3v) is 5.24. The first-order valence-corrected chi connectivity index (χ1v) is 9.30. The van der Waals surface area contributed by atoms with Crippen LogP contribution in [0.1, 0.15) is 28.5 Å². The van der Waals surface area contributed by atoms with Gasteiger partial charge in [-0.05, 0) is 37.6 Å². The van der Waals surface area contributed by atoms with E-state index in [2.05, 4.69) is 10.3 Å². The second kappa shape index (κ2) is 8.14. The summed E-state index contributed by atoms with van der Waals surface area (Å²) >= 11 is 1.44. The molecule has 27 heavy (non-hydrogen) atoms. The molecule has 0 aliphatic carbocycles. The fraction of sp³-hybridized carbons (Fsp3) is 0.190. The standard InChI is InChI=1S/C21H20N2O3S/c1-13-20(15-7-5-4-6-8-15)27-21(22-13)23-19(25)12-17-11-16(14(2)24)9-10-18(17)26-3/h4-11H,12H2,1-3H3,(H,22,23,25). The van der Waals surface area contributed by atoms with E-state index < -0.39 is 0 Å². The molecule has 0 radical (unpaired) electrons. The second-order valence-corrected chi connectivity index (χ2v) is 7.11. The summed E-state index contributed by atoms with van der Waals surface area (Å²) in [7, 11) is 1.54. The van der Waals surface area contributed by atoms with Gasteiger partial charge in [-0.3, -0.25) is 9.59 Å². The first-order chi connectivity index (χ1) is 13.0. The van der Waals surface area contributed by atoms with E-state index in [4.69, 9.17) is 4.74 Å². The van der Waals surface area contributed by atoms with Gasteiger partial charge in [0.1, 0.15) is 5.75 Å². The molecule has 3 rings (SSSR count). The van der Waals surface area contributed by atoms with Crippen LogP contribution >= 0.6 is 11.3 Å². The lowest BCUT2D eigenvalue weighted by Crippen LogP contribution is -2.15. The first kappa shape index (κ1) is 18.8. The lowest BCUT2D eigenvalue weighted by atomic mass is 10.0. The second-order valence-electron chi connectivity index (χ2n) is 6.11. The number of Topliss-reactive ketones (excluding diaryl/α,β-unsaturated/α-hetero) is 1. The van der Waals surface area contributed by atoms with Crippen molar-refractivity contribution in [2.45, 2.75) is 20.3 Å².